The van der Waals surface area contributed by atoms with Crippen LogP contribution in [0.25, 0.3) is 11.3 Å². The first kappa shape index (κ1) is 23.1. The zero-order chi connectivity index (χ0) is 24.9. The highest BCUT2D eigenvalue weighted by atomic mass is 16.7. The van der Waals surface area contributed by atoms with Crippen LogP contribution in [0.3, 0.4) is 0 Å². The molecule has 0 radical (unpaired) electrons. The standard InChI is InChI=1S/C28H34O7/c1-24(2)27(30)12-10-25(3)22(26(27)11-13-28(24,32-5)33-16-26)14-19-20(29)15-21(34-23(19)35-25)17-6-8-18(31-4)9-7-17/h6-9,15,22,30H,10-14,16H2,1-5H3. The van der Waals surface area contributed by atoms with Crippen molar-refractivity contribution in [2.45, 2.75) is 69.9 Å². The number of benzene rings is 1. The highest BCUT2D eigenvalue weighted by Crippen LogP contribution is 2.72. The molecule has 1 spiro atoms. The predicted octanol–water partition coefficient (Wildman–Crippen LogP) is 4.33. The zero-order valence-electron chi connectivity index (χ0n) is 21.1. The molecule has 2 saturated carbocycles. The Balaban J connectivity index is 1.43. The molecule has 2 saturated heterocycles. The lowest BCUT2D eigenvalue weighted by molar-refractivity contribution is -0.443. The third kappa shape index (κ3) is 2.69. The van der Waals surface area contributed by atoms with Crippen LogP contribution < -0.4 is 14.9 Å². The number of aliphatic hydroxyl groups is 1. The first-order valence-corrected chi connectivity index (χ1v) is 12.5. The predicted molar refractivity (Wildman–Crippen MR) is 129 cm³/mol. The normalized spacial score (nSPS) is 38.6. The highest BCUT2D eigenvalue weighted by molar-refractivity contribution is 5.59. The Kier molecular flexibility index (Phi) is 4.69. The number of rotatable bonds is 3. The van der Waals surface area contributed by atoms with Crippen LogP contribution in [0.15, 0.2) is 39.5 Å². The molecule has 5 atom stereocenters. The van der Waals surface area contributed by atoms with Gasteiger partial charge in [0.25, 0.3) is 5.95 Å². The molecule has 2 bridgehead atoms. The number of hydrogen-bond donors (Lipinski definition) is 1. The second-order valence-corrected chi connectivity index (χ2v) is 11.5. The van der Waals surface area contributed by atoms with Gasteiger partial charge in [0.1, 0.15) is 17.1 Å². The summed E-state index contributed by atoms with van der Waals surface area (Å²) in [6.07, 6.45) is 3.16. The molecule has 2 aliphatic carbocycles. The molecule has 35 heavy (non-hydrogen) atoms. The number of hydrogen-bond acceptors (Lipinski definition) is 7. The Bertz CT molecular complexity index is 1220. The Morgan fingerprint density at radius 2 is 1.77 bits per heavy atom. The fourth-order valence-corrected chi connectivity index (χ4v) is 7.87. The topological polar surface area (TPSA) is 87.4 Å². The van der Waals surface area contributed by atoms with Crippen molar-refractivity contribution in [3.63, 3.8) is 0 Å². The van der Waals surface area contributed by atoms with Crippen LogP contribution in [-0.4, -0.2) is 42.9 Å². The van der Waals surface area contributed by atoms with Gasteiger partial charge in [0.05, 0.1) is 24.9 Å². The van der Waals surface area contributed by atoms with E-state index in [1.165, 1.54) is 6.07 Å². The smallest absolute Gasteiger partial charge is 0.292 e. The maximum Gasteiger partial charge on any atom is 0.292 e. The van der Waals surface area contributed by atoms with Crippen molar-refractivity contribution < 1.29 is 28.5 Å². The van der Waals surface area contributed by atoms with Crippen molar-refractivity contribution in [1.82, 2.24) is 0 Å². The highest BCUT2D eigenvalue weighted by Gasteiger charge is 2.79. The van der Waals surface area contributed by atoms with Gasteiger partial charge in [-0.2, -0.15) is 0 Å². The minimum Gasteiger partial charge on any atom is -0.497 e. The van der Waals surface area contributed by atoms with Crippen LogP contribution in [0.5, 0.6) is 11.7 Å². The van der Waals surface area contributed by atoms with Gasteiger partial charge < -0.3 is 28.5 Å². The monoisotopic (exact) mass is 482 g/mol. The van der Waals surface area contributed by atoms with Gasteiger partial charge in [-0.05, 0) is 56.9 Å². The van der Waals surface area contributed by atoms with Crippen LogP contribution >= 0.6 is 0 Å². The summed E-state index contributed by atoms with van der Waals surface area (Å²) in [7, 11) is 3.28. The number of ether oxygens (including phenoxy) is 4. The van der Waals surface area contributed by atoms with E-state index in [1.54, 1.807) is 14.2 Å². The summed E-state index contributed by atoms with van der Waals surface area (Å²) in [5.74, 6) is 0.593. The van der Waals surface area contributed by atoms with Crippen LogP contribution in [0.4, 0.5) is 0 Å². The largest absolute Gasteiger partial charge is 0.497 e. The number of fused-ring (bicyclic) bond motifs is 4. The maximum absolute atomic E-state index is 13.3. The van der Waals surface area contributed by atoms with E-state index >= 15 is 0 Å². The second kappa shape index (κ2) is 7.11. The van der Waals surface area contributed by atoms with Crippen molar-refractivity contribution in [3.05, 3.63) is 46.1 Å². The molecule has 1 aromatic carbocycles. The van der Waals surface area contributed by atoms with Gasteiger partial charge in [0, 0.05) is 41.9 Å². The average molecular weight is 483 g/mol. The van der Waals surface area contributed by atoms with Gasteiger partial charge in [-0.1, -0.05) is 13.8 Å². The third-order valence-corrected chi connectivity index (χ3v) is 10.1. The molecule has 1 aromatic heterocycles. The van der Waals surface area contributed by atoms with Gasteiger partial charge in [-0.15, -0.1) is 0 Å². The maximum atomic E-state index is 13.3. The van der Waals surface area contributed by atoms with E-state index in [9.17, 15) is 9.90 Å². The molecule has 2 aromatic rings. The van der Waals surface area contributed by atoms with Gasteiger partial charge in [-0.3, -0.25) is 4.79 Å². The van der Waals surface area contributed by atoms with E-state index in [0.29, 0.717) is 49.6 Å². The third-order valence-electron chi connectivity index (χ3n) is 10.1. The minimum absolute atomic E-state index is 0.0922. The Labute approximate surface area is 205 Å². The molecule has 4 fully saturated rings. The summed E-state index contributed by atoms with van der Waals surface area (Å²) < 4.78 is 30.3. The van der Waals surface area contributed by atoms with Crippen LogP contribution in [-0.2, 0) is 15.9 Å². The van der Waals surface area contributed by atoms with E-state index in [-0.39, 0.29) is 11.3 Å². The van der Waals surface area contributed by atoms with Crippen molar-refractivity contribution >= 4 is 0 Å². The Morgan fingerprint density at radius 3 is 2.40 bits per heavy atom. The number of methoxy groups -OCH3 is 2. The van der Waals surface area contributed by atoms with E-state index in [2.05, 4.69) is 20.8 Å². The van der Waals surface area contributed by atoms with Crippen LogP contribution in [0.1, 0.15) is 52.0 Å². The van der Waals surface area contributed by atoms with Crippen molar-refractivity contribution in [1.29, 1.82) is 0 Å². The van der Waals surface area contributed by atoms with E-state index in [4.69, 9.17) is 23.4 Å². The first-order valence-electron chi connectivity index (χ1n) is 12.5. The van der Waals surface area contributed by atoms with Gasteiger partial charge in [0.15, 0.2) is 11.2 Å². The molecule has 3 aliphatic heterocycles. The average Bonchev–Trinajstić information content (AvgIpc) is 2.85. The van der Waals surface area contributed by atoms with Gasteiger partial charge >= 0.3 is 0 Å². The summed E-state index contributed by atoms with van der Waals surface area (Å²) >= 11 is 0. The molecule has 1 N–H and O–H groups in total. The summed E-state index contributed by atoms with van der Waals surface area (Å²) in [6.45, 7) is 6.59. The lowest BCUT2D eigenvalue weighted by atomic mass is 9.39. The SMILES string of the molecule is COc1ccc(-c2cc(=O)c3c(o2)OC2(C)CCC4(O)C5(CCC(OC)(OC5)C4(C)C)C2C3)cc1. The Hall–Kier alpha value is -2.35. The quantitative estimate of drug-likeness (QED) is 0.697. The van der Waals surface area contributed by atoms with E-state index < -0.39 is 27.8 Å². The molecule has 5 aliphatic rings. The minimum atomic E-state index is -0.999. The van der Waals surface area contributed by atoms with Gasteiger partial charge in [-0.25, -0.2) is 0 Å². The fourth-order valence-electron chi connectivity index (χ4n) is 7.87. The fraction of sp³-hybridized carbons (Fsp3) is 0.607. The lowest BCUT2D eigenvalue weighted by Gasteiger charge is -2.74. The van der Waals surface area contributed by atoms with Crippen molar-refractivity contribution in [2.75, 3.05) is 20.8 Å². The van der Waals surface area contributed by atoms with Crippen LogP contribution in [0, 0.1) is 16.7 Å². The first-order chi connectivity index (χ1) is 16.5. The van der Waals surface area contributed by atoms with Crippen molar-refractivity contribution in [2.24, 2.45) is 16.7 Å². The summed E-state index contributed by atoms with van der Waals surface area (Å²) in [5.41, 5.74) is -1.53. The summed E-state index contributed by atoms with van der Waals surface area (Å²) in [5, 5.41) is 12.4. The lowest BCUT2D eigenvalue weighted by Crippen LogP contribution is -2.82. The van der Waals surface area contributed by atoms with E-state index in [1.807, 2.05) is 24.3 Å². The van der Waals surface area contributed by atoms with Crippen LogP contribution in [0.2, 0.25) is 0 Å². The van der Waals surface area contributed by atoms with Gasteiger partial charge in [0.2, 0.25) is 0 Å². The van der Waals surface area contributed by atoms with E-state index in [0.717, 1.165) is 17.7 Å². The molecule has 188 valence electrons. The summed E-state index contributed by atoms with van der Waals surface area (Å²) in [4.78, 5) is 13.3. The molecular weight excluding hydrogens is 448 g/mol. The Morgan fingerprint density at radius 1 is 1.03 bits per heavy atom. The molecular formula is C28H34O7. The molecule has 5 unspecified atom stereocenters. The molecule has 7 heteroatoms. The van der Waals surface area contributed by atoms with Crippen molar-refractivity contribution in [3.8, 4) is 23.0 Å². The molecule has 7 nitrogen and oxygen atoms in total. The molecule has 0 amide bonds. The zero-order valence-corrected chi connectivity index (χ0v) is 21.1. The second-order valence-electron chi connectivity index (χ2n) is 11.5. The molecule has 7 rings (SSSR count). The summed E-state index contributed by atoms with van der Waals surface area (Å²) in [6, 6.07) is 8.94. The molecule has 4 heterocycles.